The topological polar surface area (TPSA) is 20.3 Å². The Bertz CT molecular complexity index is 173. The molecule has 1 atom stereocenters. The molecule has 2 nitrogen and oxygen atoms in total. The molecule has 0 N–H and O–H groups in total. The maximum Gasteiger partial charge on any atom is 0.316 e. The van der Waals surface area contributed by atoms with Crippen LogP contribution >= 0.6 is 11.6 Å². The number of rotatable bonds is 1. The molecular formula is C5H6ClF2NO. The minimum Gasteiger partial charge on any atom is -0.323 e. The zero-order valence-electron chi connectivity index (χ0n) is 5.27. The van der Waals surface area contributed by atoms with Crippen LogP contribution in [0.5, 0.6) is 0 Å². The zero-order chi connectivity index (χ0) is 7.94. The highest BCUT2D eigenvalue weighted by atomic mass is 35.5. The van der Waals surface area contributed by atoms with E-state index in [1.165, 1.54) is 7.05 Å². The van der Waals surface area contributed by atoms with E-state index in [2.05, 4.69) is 0 Å². The van der Waals surface area contributed by atoms with Crippen molar-refractivity contribution in [2.24, 2.45) is 0 Å². The van der Waals surface area contributed by atoms with E-state index < -0.39 is 17.3 Å². The van der Waals surface area contributed by atoms with Gasteiger partial charge in [0.2, 0.25) is 0 Å². The Morgan fingerprint density at radius 1 is 1.80 bits per heavy atom. The van der Waals surface area contributed by atoms with Gasteiger partial charge in [0.25, 0.3) is 5.92 Å². The summed E-state index contributed by atoms with van der Waals surface area (Å²) in [6.07, 6.45) is -0.262. The van der Waals surface area contributed by atoms with Crippen molar-refractivity contribution in [1.82, 2.24) is 4.90 Å². The van der Waals surface area contributed by atoms with Gasteiger partial charge in [-0.2, -0.15) is 0 Å². The summed E-state index contributed by atoms with van der Waals surface area (Å²) < 4.78 is 24.3. The molecule has 0 spiro atoms. The summed E-state index contributed by atoms with van der Waals surface area (Å²) in [7, 11) is 1.26. The van der Waals surface area contributed by atoms with Gasteiger partial charge >= 0.3 is 5.37 Å². The van der Waals surface area contributed by atoms with Crippen LogP contribution in [0.4, 0.5) is 13.6 Å². The standard InChI is InChI=1S/C5H6ClF2NO/c1-9(4(6)10)3-2-5(3,7)8/h3H,2H2,1H3. The number of alkyl halides is 2. The predicted octanol–water partition coefficient (Wildman–Crippen LogP) is 1.68. The Morgan fingerprint density at radius 2 is 2.20 bits per heavy atom. The van der Waals surface area contributed by atoms with Gasteiger partial charge < -0.3 is 4.90 Å². The third-order valence-electron chi connectivity index (χ3n) is 1.54. The zero-order valence-corrected chi connectivity index (χ0v) is 6.03. The van der Waals surface area contributed by atoms with Crippen molar-refractivity contribution >= 4 is 17.0 Å². The van der Waals surface area contributed by atoms with Crippen LogP contribution in [-0.2, 0) is 0 Å². The minimum absolute atomic E-state index is 0.262. The van der Waals surface area contributed by atoms with Gasteiger partial charge in [-0.05, 0) is 11.6 Å². The molecule has 1 saturated carbocycles. The van der Waals surface area contributed by atoms with Crippen LogP contribution in [0.3, 0.4) is 0 Å². The molecule has 0 aromatic rings. The SMILES string of the molecule is CN(C(=O)Cl)C1CC1(F)F. The summed E-state index contributed by atoms with van der Waals surface area (Å²) in [4.78, 5) is 11.1. The van der Waals surface area contributed by atoms with E-state index in [0.717, 1.165) is 4.90 Å². The van der Waals surface area contributed by atoms with Gasteiger partial charge in [-0.25, -0.2) is 8.78 Å². The lowest BCUT2D eigenvalue weighted by atomic mass is 10.6. The lowest BCUT2D eigenvalue weighted by Gasteiger charge is -2.10. The van der Waals surface area contributed by atoms with Crippen LogP contribution in [0.15, 0.2) is 0 Å². The third-order valence-corrected chi connectivity index (χ3v) is 1.80. The van der Waals surface area contributed by atoms with Gasteiger partial charge in [0.15, 0.2) is 0 Å². The van der Waals surface area contributed by atoms with E-state index in [-0.39, 0.29) is 6.42 Å². The first kappa shape index (κ1) is 7.72. The lowest BCUT2D eigenvalue weighted by molar-refractivity contribution is 0.0889. The highest BCUT2D eigenvalue weighted by Crippen LogP contribution is 2.45. The summed E-state index contributed by atoms with van der Waals surface area (Å²) in [5.74, 6) is -2.71. The van der Waals surface area contributed by atoms with Gasteiger partial charge in [0.05, 0.1) is 0 Å². The second kappa shape index (κ2) is 2.05. The molecule has 1 rings (SSSR count). The van der Waals surface area contributed by atoms with Crippen LogP contribution in [0.1, 0.15) is 6.42 Å². The molecule has 1 aliphatic rings. The van der Waals surface area contributed by atoms with Crippen LogP contribution in [-0.4, -0.2) is 29.3 Å². The summed E-state index contributed by atoms with van der Waals surface area (Å²) in [6.45, 7) is 0. The summed E-state index contributed by atoms with van der Waals surface area (Å²) in [5, 5.41) is -0.831. The Balaban J connectivity index is 2.47. The number of nitrogens with zero attached hydrogens (tertiary/aromatic N) is 1. The molecule has 0 saturated heterocycles. The van der Waals surface area contributed by atoms with E-state index in [1.807, 2.05) is 0 Å². The van der Waals surface area contributed by atoms with E-state index in [0.29, 0.717) is 0 Å². The molecule has 0 radical (unpaired) electrons. The first-order valence-corrected chi connectivity index (χ1v) is 3.13. The maximum absolute atomic E-state index is 12.2. The minimum atomic E-state index is -2.71. The summed E-state index contributed by atoms with van der Waals surface area (Å²) >= 11 is 4.94. The van der Waals surface area contributed by atoms with Gasteiger partial charge in [-0.3, -0.25) is 4.79 Å². The first-order chi connectivity index (χ1) is 4.45. The smallest absolute Gasteiger partial charge is 0.316 e. The third kappa shape index (κ3) is 1.21. The molecule has 1 aliphatic carbocycles. The van der Waals surface area contributed by atoms with Crippen molar-refractivity contribution in [3.05, 3.63) is 0 Å². The molecule has 1 fully saturated rings. The molecule has 1 unspecified atom stereocenters. The fraction of sp³-hybridized carbons (Fsp3) is 0.800. The average molecular weight is 170 g/mol. The largest absolute Gasteiger partial charge is 0.323 e. The highest BCUT2D eigenvalue weighted by molar-refractivity contribution is 6.62. The van der Waals surface area contributed by atoms with Gasteiger partial charge in [-0.1, -0.05) is 0 Å². The summed E-state index contributed by atoms with van der Waals surface area (Å²) in [5.41, 5.74) is 0. The molecule has 5 heteroatoms. The van der Waals surface area contributed by atoms with E-state index >= 15 is 0 Å². The van der Waals surface area contributed by atoms with Gasteiger partial charge in [-0.15, -0.1) is 0 Å². The van der Waals surface area contributed by atoms with Gasteiger partial charge in [0.1, 0.15) is 6.04 Å². The number of halogens is 3. The number of carbonyl (C=O) groups excluding carboxylic acids is 1. The Hall–Kier alpha value is -0.380. The fourth-order valence-corrected chi connectivity index (χ4v) is 0.859. The first-order valence-electron chi connectivity index (χ1n) is 2.75. The van der Waals surface area contributed by atoms with Crippen molar-refractivity contribution in [2.75, 3.05) is 7.05 Å². The van der Waals surface area contributed by atoms with Crippen LogP contribution in [0.25, 0.3) is 0 Å². The molecule has 0 aromatic carbocycles. The molecule has 10 heavy (non-hydrogen) atoms. The molecule has 1 amide bonds. The Kier molecular flexibility index (Phi) is 1.58. The lowest BCUT2D eigenvalue weighted by Crippen LogP contribution is -2.27. The number of carbonyl (C=O) groups is 1. The Labute approximate surface area is 61.7 Å². The van der Waals surface area contributed by atoms with Crippen LogP contribution < -0.4 is 0 Å². The molecule has 0 aliphatic heterocycles. The second-order valence-electron chi connectivity index (χ2n) is 2.34. The van der Waals surface area contributed by atoms with Crippen molar-refractivity contribution in [3.63, 3.8) is 0 Å². The molecular weight excluding hydrogens is 164 g/mol. The van der Waals surface area contributed by atoms with Gasteiger partial charge in [0, 0.05) is 13.5 Å². The maximum atomic E-state index is 12.2. The van der Waals surface area contributed by atoms with E-state index in [4.69, 9.17) is 11.6 Å². The highest BCUT2D eigenvalue weighted by Gasteiger charge is 2.60. The van der Waals surface area contributed by atoms with Crippen molar-refractivity contribution in [3.8, 4) is 0 Å². The monoisotopic (exact) mass is 169 g/mol. The molecule has 0 aromatic heterocycles. The van der Waals surface area contributed by atoms with Crippen molar-refractivity contribution < 1.29 is 13.6 Å². The quantitative estimate of drug-likeness (QED) is 0.432. The Morgan fingerprint density at radius 3 is 2.30 bits per heavy atom. The fourth-order valence-electron chi connectivity index (χ4n) is 0.742. The predicted molar refractivity (Wildman–Crippen MR) is 32.4 cm³/mol. The molecule has 0 heterocycles. The number of amides is 1. The molecule has 0 bridgehead atoms. The van der Waals surface area contributed by atoms with Crippen LogP contribution in [0, 0.1) is 0 Å². The van der Waals surface area contributed by atoms with Crippen LogP contribution in [0.2, 0.25) is 0 Å². The number of hydrogen-bond acceptors (Lipinski definition) is 1. The molecule has 58 valence electrons. The summed E-state index contributed by atoms with van der Waals surface area (Å²) in [6, 6.07) is -0.975. The van der Waals surface area contributed by atoms with E-state index in [1.54, 1.807) is 0 Å². The van der Waals surface area contributed by atoms with Crippen molar-refractivity contribution in [2.45, 2.75) is 18.4 Å². The normalized spacial score (nSPS) is 27.8. The van der Waals surface area contributed by atoms with E-state index in [9.17, 15) is 13.6 Å². The average Bonchev–Trinajstić information content (AvgIpc) is 2.38. The second-order valence-corrected chi connectivity index (χ2v) is 2.67. The number of hydrogen-bond donors (Lipinski definition) is 0. The van der Waals surface area contributed by atoms with Crippen molar-refractivity contribution in [1.29, 1.82) is 0 Å².